The van der Waals surface area contributed by atoms with Gasteiger partial charge >= 0.3 is 0 Å². The van der Waals surface area contributed by atoms with Crippen LogP contribution in [0.3, 0.4) is 0 Å². The molecule has 1 N–H and O–H groups in total. The third-order valence-electron chi connectivity index (χ3n) is 4.72. The molecule has 1 unspecified atom stereocenters. The highest BCUT2D eigenvalue weighted by Crippen LogP contribution is 2.19. The Hall–Kier alpha value is -2.69. The highest BCUT2D eigenvalue weighted by Gasteiger charge is 2.33. The Bertz CT molecular complexity index is 789. The Kier molecular flexibility index (Phi) is 5.66. The second-order valence-corrected chi connectivity index (χ2v) is 6.82. The van der Waals surface area contributed by atoms with E-state index in [0.717, 1.165) is 16.7 Å². The number of amides is 2. The van der Waals surface area contributed by atoms with Gasteiger partial charge in [-0.05, 0) is 36.6 Å². The van der Waals surface area contributed by atoms with Crippen LogP contribution in [0.1, 0.15) is 23.1 Å². The molecule has 0 radical (unpaired) electrons. The first-order chi connectivity index (χ1) is 12.5. The predicted molar refractivity (Wildman–Crippen MR) is 97.8 cm³/mol. The van der Waals surface area contributed by atoms with E-state index in [4.69, 9.17) is 0 Å². The van der Waals surface area contributed by atoms with Crippen molar-refractivity contribution in [1.82, 2.24) is 10.2 Å². The summed E-state index contributed by atoms with van der Waals surface area (Å²) in [6.45, 7) is 3.48. The van der Waals surface area contributed by atoms with Crippen LogP contribution in [-0.4, -0.2) is 29.8 Å². The Morgan fingerprint density at radius 3 is 2.69 bits per heavy atom. The normalized spacial score (nSPS) is 16.8. The Morgan fingerprint density at radius 1 is 1.19 bits per heavy atom. The van der Waals surface area contributed by atoms with Crippen molar-refractivity contribution < 1.29 is 14.0 Å². The Balaban J connectivity index is 1.48. The van der Waals surface area contributed by atoms with Gasteiger partial charge in [-0.1, -0.05) is 42.0 Å². The van der Waals surface area contributed by atoms with Crippen molar-refractivity contribution in [2.75, 3.05) is 13.1 Å². The number of nitrogens with one attached hydrogen (secondary N) is 1. The van der Waals surface area contributed by atoms with Crippen LogP contribution in [0.15, 0.2) is 48.5 Å². The van der Waals surface area contributed by atoms with E-state index in [1.165, 1.54) is 12.1 Å². The van der Waals surface area contributed by atoms with Crippen LogP contribution in [0.4, 0.5) is 4.39 Å². The van der Waals surface area contributed by atoms with Gasteiger partial charge in [0.15, 0.2) is 0 Å². The molecule has 5 heteroatoms. The van der Waals surface area contributed by atoms with Crippen LogP contribution in [0.25, 0.3) is 0 Å². The molecule has 1 heterocycles. The molecular formula is C21H23FN2O2. The van der Waals surface area contributed by atoms with Gasteiger partial charge in [-0.3, -0.25) is 9.59 Å². The molecule has 1 aliphatic heterocycles. The van der Waals surface area contributed by atoms with Crippen molar-refractivity contribution in [2.45, 2.75) is 26.3 Å². The molecule has 1 aliphatic rings. The zero-order chi connectivity index (χ0) is 18.5. The van der Waals surface area contributed by atoms with Crippen molar-refractivity contribution in [3.63, 3.8) is 0 Å². The van der Waals surface area contributed by atoms with Crippen molar-refractivity contribution in [2.24, 2.45) is 5.92 Å². The van der Waals surface area contributed by atoms with Gasteiger partial charge in [-0.25, -0.2) is 4.39 Å². The molecule has 26 heavy (non-hydrogen) atoms. The minimum absolute atomic E-state index is 0.00261. The largest absolute Gasteiger partial charge is 0.352 e. The van der Waals surface area contributed by atoms with Crippen LogP contribution in [0.2, 0.25) is 0 Å². The minimum Gasteiger partial charge on any atom is -0.352 e. The molecule has 0 spiro atoms. The van der Waals surface area contributed by atoms with Gasteiger partial charge in [0.2, 0.25) is 11.8 Å². The molecular weight excluding hydrogens is 331 g/mol. The van der Waals surface area contributed by atoms with Gasteiger partial charge in [0.1, 0.15) is 5.82 Å². The standard InChI is InChI=1S/C21H23FN2O2/c1-15-3-2-4-17(11-15)13-23-21(26)18-12-20(25)24(14-18)10-9-16-5-7-19(22)8-6-16/h2-8,11,18H,9-10,12-14H2,1H3,(H,23,26). The molecule has 0 saturated carbocycles. The summed E-state index contributed by atoms with van der Waals surface area (Å²) in [7, 11) is 0. The topological polar surface area (TPSA) is 49.4 Å². The van der Waals surface area contributed by atoms with E-state index in [2.05, 4.69) is 5.32 Å². The number of likely N-dealkylation sites (tertiary alicyclic amines) is 1. The number of benzene rings is 2. The number of aryl methyl sites for hydroxylation is 1. The molecule has 2 amide bonds. The smallest absolute Gasteiger partial charge is 0.225 e. The fraction of sp³-hybridized carbons (Fsp3) is 0.333. The maximum Gasteiger partial charge on any atom is 0.225 e. The monoisotopic (exact) mass is 354 g/mol. The third-order valence-corrected chi connectivity index (χ3v) is 4.72. The molecule has 1 atom stereocenters. The van der Waals surface area contributed by atoms with Crippen LogP contribution in [-0.2, 0) is 22.6 Å². The van der Waals surface area contributed by atoms with Gasteiger partial charge in [0, 0.05) is 26.1 Å². The lowest BCUT2D eigenvalue weighted by atomic mass is 10.1. The summed E-state index contributed by atoms with van der Waals surface area (Å²) in [5.41, 5.74) is 3.18. The Morgan fingerprint density at radius 2 is 1.96 bits per heavy atom. The highest BCUT2D eigenvalue weighted by molar-refractivity contribution is 5.89. The molecule has 1 saturated heterocycles. The maximum atomic E-state index is 12.9. The molecule has 4 nitrogen and oxygen atoms in total. The maximum absolute atomic E-state index is 12.9. The van der Waals surface area contributed by atoms with Crippen molar-refractivity contribution >= 4 is 11.8 Å². The van der Waals surface area contributed by atoms with Crippen LogP contribution in [0, 0.1) is 18.7 Å². The van der Waals surface area contributed by atoms with Crippen molar-refractivity contribution in [1.29, 1.82) is 0 Å². The van der Waals surface area contributed by atoms with E-state index in [-0.39, 0.29) is 30.0 Å². The summed E-state index contributed by atoms with van der Waals surface area (Å²) in [6.07, 6.45) is 0.909. The summed E-state index contributed by atoms with van der Waals surface area (Å²) in [6, 6.07) is 14.3. The fourth-order valence-electron chi connectivity index (χ4n) is 3.23. The van der Waals surface area contributed by atoms with Gasteiger partial charge < -0.3 is 10.2 Å². The summed E-state index contributed by atoms with van der Waals surface area (Å²) in [5, 5.41) is 2.93. The SMILES string of the molecule is Cc1cccc(CNC(=O)C2CC(=O)N(CCc3ccc(F)cc3)C2)c1. The quantitative estimate of drug-likeness (QED) is 0.867. The number of rotatable bonds is 6. The third kappa shape index (κ3) is 4.69. The average Bonchev–Trinajstić information content (AvgIpc) is 3.00. The first-order valence-corrected chi connectivity index (χ1v) is 8.87. The molecule has 136 valence electrons. The second-order valence-electron chi connectivity index (χ2n) is 6.82. The zero-order valence-electron chi connectivity index (χ0n) is 14.9. The average molecular weight is 354 g/mol. The molecule has 0 bridgehead atoms. The van der Waals surface area contributed by atoms with E-state index in [1.54, 1.807) is 17.0 Å². The van der Waals surface area contributed by atoms with Crippen molar-refractivity contribution in [3.05, 3.63) is 71.0 Å². The summed E-state index contributed by atoms with van der Waals surface area (Å²) < 4.78 is 12.9. The zero-order valence-corrected chi connectivity index (χ0v) is 14.9. The number of hydrogen-bond acceptors (Lipinski definition) is 2. The predicted octanol–water partition coefficient (Wildman–Crippen LogP) is 2.84. The summed E-state index contributed by atoms with van der Waals surface area (Å²) >= 11 is 0. The van der Waals surface area contributed by atoms with E-state index in [1.807, 2.05) is 31.2 Å². The number of hydrogen-bond donors (Lipinski definition) is 1. The van der Waals surface area contributed by atoms with Crippen LogP contribution < -0.4 is 5.32 Å². The van der Waals surface area contributed by atoms with E-state index in [0.29, 0.717) is 26.1 Å². The number of carbonyl (C=O) groups excluding carboxylic acids is 2. The van der Waals surface area contributed by atoms with Crippen molar-refractivity contribution in [3.8, 4) is 0 Å². The van der Waals surface area contributed by atoms with E-state index >= 15 is 0 Å². The molecule has 0 aliphatic carbocycles. The van der Waals surface area contributed by atoms with Gasteiger partial charge in [0.05, 0.1) is 5.92 Å². The van der Waals surface area contributed by atoms with E-state index < -0.39 is 0 Å². The van der Waals surface area contributed by atoms with Crippen LogP contribution in [0.5, 0.6) is 0 Å². The summed E-state index contributed by atoms with van der Waals surface area (Å²) in [4.78, 5) is 26.3. The molecule has 0 aromatic heterocycles. The lowest BCUT2D eigenvalue weighted by molar-refractivity contribution is -0.129. The molecule has 3 rings (SSSR count). The lowest BCUT2D eigenvalue weighted by Crippen LogP contribution is -2.33. The van der Waals surface area contributed by atoms with E-state index in [9.17, 15) is 14.0 Å². The summed E-state index contributed by atoms with van der Waals surface area (Å²) in [5.74, 6) is -0.649. The number of halogens is 1. The number of nitrogens with zero attached hydrogens (tertiary/aromatic N) is 1. The van der Waals surface area contributed by atoms with Gasteiger partial charge in [0.25, 0.3) is 0 Å². The molecule has 2 aromatic rings. The first kappa shape index (κ1) is 18.1. The minimum atomic E-state index is -0.305. The van der Waals surface area contributed by atoms with Gasteiger partial charge in [-0.15, -0.1) is 0 Å². The first-order valence-electron chi connectivity index (χ1n) is 8.87. The lowest BCUT2D eigenvalue weighted by Gasteiger charge is -2.16. The van der Waals surface area contributed by atoms with Gasteiger partial charge in [-0.2, -0.15) is 0 Å². The fourth-order valence-corrected chi connectivity index (χ4v) is 3.23. The Labute approximate surface area is 153 Å². The highest BCUT2D eigenvalue weighted by atomic mass is 19.1. The van der Waals surface area contributed by atoms with Crippen LogP contribution >= 0.6 is 0 Å². The second kappa shape index (κ2) is 8.13. The molecule has 2 aromatic carbocycles. The molecule has 1 fully saturated rings. The number of carbonyl (C=O) groups is 2.